The molecule has 1 aliphatic rings. The van der Waals surface area contributed by atoms with E-state index in [9.17, 15) is 14.7 Å². The van der Waals surface area contributed by atoms with Gasteiger partial charge in [-0.15, -0.1) is 0 Å². The lowest BCUT2D eigenvalue weighted by Crippen LogP contribution is -2.45. The molecule has 2 rings (SSSR count). The minimum Gasteiger partial charge on any atom is -0.391 e. The predicted octanol–water partition coefficient (Wildman–Crippen LogP) is 1.23. The summed E-state index contributed by atoms with van der Waals surface area (Å²) >= 11 is 0. The number of piperidine rings is 1. The quantitative estimate of drug-likeness (QED) is 0.891. The first-order chi connectivity index (χ1) is 9.90. The summed E-state index contributed by atoms with van der Waals surface area (Å²) in [5.74, 6) is -0.0398. The molecular formula is C16H22N2O3. The van der Waals surface area contributed by atoms with E-state index in [4.69, 9.17) is 0 Å². The summed E-state index contributed by atoms with van der Waals surface area (Å²) in [5, 5.41) is 9.90. The topological polar surface area (TPSA) is 60.9 Å². The molecule has 0 aliphatic carbocycles. The van der Waals surface area contributed by atoms with Gasteiger partial charge in [0, 0.05) is 38.3 Å². The summed E-state index contributed by atoms with van der Waals surface area (Å²) in [4.78, 5) is 27.6. The number of aliphatic hydroxyl groups excluding tert-OH is 1. The highest BCUT2D eigenvalue weighted by atomic mass is 16.3. The summed E-state index contributed by atoms with van der Waals surface area (Å²) in [6.45, 7) is 2.98. The van der Waals surface area contributed by atoms with Gasteiger partial charge in [-0.2, -0.15) is 0 Å². The third-order valence-electron chi connectivity index (χ3n) is 3.97. The van der Waals surface area contributed by atoms with E-state index in [-0.39, 0.29) is 17.7 Å². The number of carbonyl (C=O) groups is 2. The molecule has 0 saturated carbocycles. The SMILES string of the molecule is CC1CCN(C(=O)c2cccc(C(=O)N(C)C)c2)CC1O. The van der Waals surface area contributed by atoms with Gasteiger partial charge in [0.2, 0.25) is 0 Å². The van der Waals surface area contributed by atoms with Crippen LogP contribution >= 0.6 is 0 Å². The summed E-state index contributed by atoms with van der Waals surface area (Å²) < 4.78 is 0. The fourth-order valence-electron chi connectivity index (χ4n) is 2.46. The van der Waals surface area contributed by atoms with Crippen LogP contribution in [0, 0.1) is 5.92 Å². The van der Waals surface area contributed by atoms with Crippen molar-refractivity contribution in [2.75, 3.05) is 27.2 Å². The molecule has 1 saturated heterocycles. The molecule has 1 aliphatic heterocycles. The molecule has 114 valence electrons. The van der Waals surface area contributed by atoms with E-state index in [2.05, 4.69) is 0 Å². The zero-order valence-corrected chi connectivity index (χ0v) is 12.7. The number of β-amino-alcohol motifs (C(OH)–C–C–N with tert-alkyl or cyclic N) is 1. The molecule has 1 heterocycles. The Morgan fingerprint density at radius 3 is 2.57 bits per heavy atom. The molecule has 0 spiro atoms. The van der Waals surface area contributed by atoms with E-state index >= 15 is 0 Å². The number of amides is 2. The molecule has 2 atom stereocenters. The minimum absolute atomic E-state index is 0.128. The van der Waals surface area contributed by atoms with Gasteiger partial charge in [-0.1, -0.05) is 13.0 Å². The second kappa shape index (κ2) is 6.26. The summed E-state index contributed by atoms with van der Waals surface area (Å²) in [6.07, 6.45) is 0.317. The van der Waals surface area contributed by atoms with Gasteiger partial charge in [0.1, 0.15) is 0 Å². The number of nitrogens with zero attached hydrogens (tertiary/aromatic N) is 2. The van der Waals surface area contributed by atoms with Gasteiger partial charge in [-0.3, -0.25) is 9.59 Å². The van der Waals surface area contributed by atoms with Crippen molar-refractivity contribution in [3.05, 3.63) is 35.4 Å². The first-order valence-electron chi connectivity index (χ1n) is 7.19. The summed E-state index contributed by atoms with van der Waals surface area (Å²) in [6, 6.07) is 6.74. The number of likely N-dealkylation sites (tertiary alicyclic amines) is 1. The highest BCUT2D eigenvalue weighted by molar-refractivity contribution is 5.99. The van der Waals surface area contributed by atoms with Crippen LogP contribution in [0.1, 0.15) is 34.1 Å². The molecule has 2 unspecified atom stereocenters. The molecule has 0 bridgehead atoms. The molecule has 5 heteroatoms. The predicted molar refractivity (Wildman–Crippen MR) is 80.2 cm³/mol. The van der Waals surface area contributed by atoms with E-state index in [0.29, 0.717) is 24.2 Å². The average Bonchev–Trinajstić information content (AvgIpc) is 2.48. The van der Waals surface area contributed by atoms with Gasteiger partial charge >= 0.3 is 0 Å². The van der Waals surface area contributed by atoms with Crippen molar-refractivity contribution >= 4 is 11.8 Å². The van der Waals surface area contributed by atoms with Gasteiger partial charge in [-0.05, 0) is 30.5 Å². The van der Waals surface area contributed by atoms with Crippen molar-refractivity contribution in [1.82, 2.24) is 9.80 Å². The van der Waals surface area contributed by atoms with Crippen molar-refractivity contribution in [3.63, 3.8) is 0 Å². The van der Waals surface area contributed by atoms with Crippen molar-refractivity contribution in [1.29, 1.82) is 0 Å². The smallest absolute Gasteiger partial charge is 0.253 e. The fourth-order valence-corrected chi connectivity index (χ4v) is 2.46. The monoisotopic (exact) mass is 290 g/mol. The zero-order chi connectivity index (χ0) is 15.6. The number of hydrogen-bond acceptors (Lipinski definition) is 3. The first kappa shape index (κ1) is 15.5. The van der Waals surface area contributed by atoms with Crippen molar-refractivity contribution < 1.29 is 14.7 Å². The largest absolute Gasteiger partial charge is 0.391 e. The van der Waals surface area contributed by atoms with Gasteiger partial charge in [0.25, 0.3) is 11.8 Å². The molecule has 21 heavy (non-hydrogen) atoms. The van der Waals surface area contributed by atoms with Crippen molar-refractivity contribution in [3.8, 4) is 0 Å². The molecule has 1 N–H and O–H groups in total. The van der Waals surface area contributed by atoms with E-state index in [1.807, 2.05) is 6.92 Å². The molecule has 1 aromatic rings. The Hall–Kier alpha value is -1.88. The number of aliphatic hydroxyl groups is 1. The van der Waals surface area contributed by atoms with Crippen LogP contribution in [0.2, 0.25) is 0 Å². The van der Waals surface area contributed by atoms with Crippen molar-refractivity contribution in [2.24, 2.45) is 5.92 Å². The van der Waals surface area contributed by atoms with Crippen LogP contribution in [0.3, 0.4) is 0 Å². The van der Waals surface area contributed by atoms with Crippen LogP contribution in [0.15, 0.2) is 24.3 Å². The Labute approximate surface area is 125 Å². The molecule has 2 amide bonds. The minimum atomic E-state index is -0.478. The molecular weight excluding hydrogens is 268 g/mol. The highest BCUT2D eigenvalue weighted by Crippen LogP contribution is 2.19. The third kappa shape index (κ3) is 3.42. The first-order valence-corrected chi connectivity index (χ1v) is 7.19. The zero-order valence-electron chi connectivity index (χ0n) is 12.7. The van der Waals surface area contributed by atoms with Gasteiger partial charge < -0.3 is 14.9 Å². The Bertz CT molecular complexity index is 542. The maximum atomic E-state index is 12.5. The molecule has 0 radical (unpaired) electrons. The molecule has 0 aromatic heterocycles. The Morgan fingerprint density at radius 2 is 1.95 bits per heavy atom. The summed E-state index contributed by atoms with van der Waals surface area (Å²) in [5.41, 5.74) is 0.987. The van der Waals surface area contributed by atoms with Crippen LogP contribution in [-0.2, 0) is 0 Å². The van der Waals surface area contributed by atoms with Gasteiger partial charge in [0.15, 0.2) is 0 Å². The summed E-state index contributed by atoms with van der Waals surface area (Å²) in [7, 11) is 3.36. The van der Waals surface area contributed by atoms with Crippen molar-refractivity contribution in [2.45, 2.75) is 19.4 Å². The average molecular weight is 290 g/mol. The van der Waals surface area contributed by atoms with Crippen LogP contribution in [0.4, 0.5) is 0 Å². The maximum Gasteiger partial charge on any atom is 0.253 e. The normalized spacial score (nSPS) is 22.0. The van der Waals surface area contributed by atoms with Crippen LogP contribution < -0.4 is 0 Å². The Morgan fingerprint density at radius 1 is 1.29 bits per heavy atom. The van der Waals surface area contributed by atoms with Gasteiger partial charge in [-0.25, -0.2) is 0 Å². The second-order valence-corrected chi connectivity index (χ2v) is 5.86. The van der Waals surface area contributed by atoms with E-state index in [0.717, 1.165) is 6.42 Å². The fraction of sp³-hybridized carbons (Fsp3) is 0.500. The second-order valence-electron chi connectivity index (χ2n) is 5.86. The lowest BCUT2D eigenvalue weighted by Gasteiger charge is -2.34. The third-order valence-corrected chi connectivity index (χ3v) is 3.97. The molecule has 1 aromatic carbocycles. The van der Waals surface area contributed by atoms with Gasteiger partial charge in [0.05, 0.1) is 6.10 Å². The Balaban J connectivity index is 2.16. The lowest BCUT2D eigenvalue weighted by atomic mass is 9.95. The number of benzene rings is 1. The highest BCUT2D eigenvalue weighted by Gasteiger charge is 2.28. The standard InChI is InChI=1S/C16H22N2O3/c1-11-7-8-18(10-14(11)19)16(21)13-6-4-5-12(9-13)15(20)17(2)3/h4-6,9,11,14,19H,7-8,10H2,1-3H3. The number of rotatable bonds is 2. The molecule has 1 fully saturated rings. The lowest BCUT2D eigenvalue weighted by molar-refractivity contribution is 0.0248. The number of carbonyl (C=O) groups excluding carboxylic acids is 2. The van der Waals surface area contributed by atoms with E-state index in [1.165, 1.54) is 4.90 Å². The Kier molecular flexibility index (Phi) is 4.63. The van der Waals surface area contributed by atoms with E-state index in [1.54, 1.807) is 43.3 Å². The maximum absolute atomic E-state index is 12.5. The van der Waals surface area contributed by atoms with Crippen LogP contribution in [-0.4, -0.2) is 60.0 Å². The van der Waals surface area contributed by atoms with Crippen LogP contribution in [0.25, 0.3) is 0 Å². The van der Waals surface area contributed by atoms with E-state index < -0.39 is 6.10 Å². The van der Waals surface area contributed by atoms with Crippen LogP contribution in [0.5, 0.6) is 0 Å². The number of hydrogen-bond donors (Lipinski definition) is 1. The molecule has 5 nitrogen and oxygen atoms in total.